The second-order valence-electron chi connectivity index (χ2n) is 6.37. The molecular formula is C21H24N4O3S. The Morgan fingerprint density at radius 3 is 2.69 bits per heavy atom. The molecule has 3 N–H and O–H groups in total. The third kappa shape index (κ3) is 6.08. The maximum atomic E-state index is 11.3. The van der Waals surface area contributed by atoms with Crippen molar-refractivity contribution in [2.75, 3.05) is 25.6 Å². The summed E-state index contributed by atoms with van der Waals surface area (Å²) in [6, 6.07) is 17.2. The summed E-state index contributed by atoms with van der Waals surface area (Å²) in [6.45, 7) is 2.81. The van der Waals surface area contributed by atoms with Gasteiger partial charge in [-0.25, -0.2) is 14.2 Å². The van der Waals surface area contributed by atoms with Crippen molar-refractivity contribution in [3.05, 3.63) is 66.0 Å². The van der Waals surface area contributed by atoms with Crippen LogP contribution in [0.25, 0.3) is 11.3 Å². The van der Waals surface area contributed by atoms with E-state index in [2.05, 4.69) is 15.3 Å². The molecule has 0 aliphatic carbocycles. The SMILES string of the molecule is COCCOc1ccccc1-c1cc(Nc2cccc(CS(N)=O)c2)nc(C)n1. The molecule has 152 valence electrons. The first-order valence-electron chi connectivity index (χ1n) is 9.10. The first kappa shape index (κ1) is 20.9. The van der Waals surface area contributed by atoms with E-state index in [0.717, 1.165) is 28.3 Å². The average molecular weight is 413 g/mol. The zero-order chi connectivity index (χ0) is 20.6. The van der Waals surface area contributed by atoms with Gasteiger partial charge < -0.3 is 14.8 Å². The molecule has 0 spiro atoms. The molecule has 1 aromatic heterocycles. The van der Waals surface area contributed by atoms with Crippen molar-refractivity contribution >= 4 is 22.5 Å². The molecule has 0 aliphatic heterocycles. The van der Waals surface area contributed by atoms with Crippen molar-refractivity contribution in [1.29, 1.82) is 0 Å². The lowest BCUT2D eigenvalue weighted by Crippen LogP contribution is -2.06. The predicted octanol–water partition coefficient (Wildman–Crippen LogP) is 3.34. The van der Waals surface area contributed by atoms with Crippen molar-refractivity contribution in [2.45, 2.75) is 12.7 Å². The summed E-state index contributed by atoms with van der Waals surface area (Å²) in [4.78, 5) is 9.06. The Morgan fingerprint density at radius 1 is 1.07 bits per heavy atom. The van der Waals surface area contributed by atoms with Crippen LogP contribution in [-0.2, 0) is 21.5 Å². The highest BCUT2D eigenvalue weighted by molar-refractivity contribution is 7.81. The number of anilines is 2. The highest BCUT2D eigenvalue weighted by Gasteiger charge is 2.11. The van der Waals surface area contributed by atoms with E-state index in [0.29, 0.717) is 30.6 Å². The molecule has 1 unspecified atom stereocenters. The van der Waals surface area contributed by atoms with Gasteiger partial charge in [-0.15, -0.1) is 0 Å². The molecule has 0 aliphatic rings. The van der Waals surface area contributed by atoms with Gasteiger partial charge in [-0.2, -0.15) is 0 Å². The van der Waals surface area contributed by atoms with E-state index in [4.69, 9.17) is 14.6 Å². The van der Waals surface area contributed by atoms with Gasteiger partial charge in [0.15, 0.2) is 0 Å². The predicted molar refractivity (Wildman–Crippen MR) is 115 cm³/mol. The van der Waals surface area contributed by atoms with Crippen molar-refractivity contribution in [2.24, 2.45) is 5.14 Å². The van der Waals surface area contributed by atoms with Gasteiger partial charge in [-0.3, -0.25) is 5.14 Å². The Balaban J connectivity index is 1.87. The third-order valence-electron chi connectivity index (χ3n) is 4.05. The van der Waals surface area contributed by atoms with Gasteiger partial charge in [-0.05, 0) is 36.8 Å². The number of nitrogens with one attached hydrogen (secondary N) is 1. The second kappa shape index (κ2) is 10.1. The molecule has 1 heterocycles. The summed E-state index contributed by atoms with van der Waals surface area (Å²) in [5, 5.41) is 8.69. The van der Waals surface area contributed by atoms with E-state index in [1.165, 1.54) is 0 Å². The number of hydrogen-bond acceptors (Lipinski definition) is 6. The molecule has 0 saturated heterocycles. The summed E-state index contributed by atoms with van der Waals surface area (Å²) in [5.74, 6) is 2.33. The molecule has 0 fully saturated rings. The number of aromatic nitrogens is 2. The van der Waals surface area contributed by atoms with Gasteiger partial charge in [0.05, 0.1) is 29.0 Å². The number of nitrogens with zero attached hydrogens (tertiary/aromatic N) is 2. The van der Waals surface area contributed by atoms with E-state index in [1.807, 2.05) is 61.5 Å². The summed E-state index contributed by atoms with van der Waals surface area (Å²) in [7, 11) is 0.254. The number of para-hydroxylation sites is 1. The number of methoxy groups -OCH3 is 1. The van der Waals surface area contributed by atoms with Gasteiger partial charge in [0.25, 0.3) is 0 Å². The fourth-order valence-corrected chi connectivity index (χ4v) is 3.37. The monoisotopic (exact) mass is 412 g/mol. The van der Waals surface area contributed by atoms with Crippen molar-refractivity contribution in [3.8, 4) is 17.0 Å². The molecule has 1 atom stereocenters. The van der Waals surface area contributed by atoms with Crippen LogP contribution in [-0.4, -0.2) is 34.5 Å². The van der Waals surface area contributed by atoms with Crippen LogP contribution >= 0.6 is 0 Å². The average Bonchev–Trinajstić information content (AvgIpc) is 2.68. The van der Waals surface area contributed by atoms with Crippen LogP contribution in [0.4, 0.5) is 11.5 Å². The quantitative estimate of drug-likeness (QED) is 0.523. The number of nitrogens with two attached hydrogens (primary N) is 1. The Bertz CT molecular complexity index is 997. The van der Waals surface area contributed by atoms with Crippen LogP contribution in [0.15, 0.2) is 54.6 Å². The molecule has 0 amide bonds. The van der Waals surface area contributed by atoms with Gasteiger partial charge >= 0.3 is 0 Å². The van der Waals surface area contributed by atoms with Crippen LogP contribution in [0.2, 0.25) is 0 Å². The number of benzene rings is 2. The zero-order valence-corrected chi connectivity index (χ0v) is 17.2. The van der Waals surface area contributed by atoms with Crippen LogP contribution in [0, 0.1) is 6.92 Å². The normalized spacial score (nSPS) is 11.8. The Hall–Kier alpha value is -2.81. The van der Waals surface area contributed by atoms with Crippen molar-refractivity contribution < 1.29 is 13.7 Å². The lowest BCUT2D eigenvalue weighted by molar-refractivity contribution is 0.146. The maximum absolute atomic E-state index is 11.3. The van der Waals surface area contributed by atoms with Gasteiger partial charge in [0.2, 0.25) is 0 Å². The van der Waals surface area contributed by atoms with E-state index >= 15 is 0 Å². The van der Waals surface area contributed by atoms with E-state index < -0.39 is 11.0 Å². The Morgan fingerprint density at radius 2 is 1.90 bits per heavy atom. The van der Waals surface area contributed by atoms with Crippen LogP contribution < -0.4 is 15.2 Å². The fraction of sp³-hybridized carbons (Fsp3) is 0.238. The minimum absolute atomic E-state index is 0.301. The molecule has 2 aromatic carbocycles. The highest BCUT2D eigenvalue weighted by atomic mass is 32.2. The minimum Gasteiger partial charge on any atom is -0.490 e. The van der Waals surface area contributed by atoms with E-state index in [-0.39, 0.29) is 0 Å². The number of aryl methyl sites for hydroxylation is 1. The van der Waals surface area contributed by atoms with Crippen LogP contribution in [0.5, 0.6) is 5.75 Å². The van der Waals surface area contributed by atoms with Crippen LogP contribution in [0.1, 0.15) is 11.4 Å². The van der Waals surface area contributed by atoms with Gasteiger partial charge in [-0.1, -0.05) is 24.3 Å². The Kier molecular flexibility index (Phi) is 7.29. The smallest absolute Gasteiger partial charge is 0.134 e. The topological polar surface area (TPSA) is 99.4 Å². The van der Waals surface area contributed by atoms with Gasteiger partial charge in [0, 0.05) is 24.4 Å². The lowest BCUT2D eigenvalue weighted by Gasteiger charge is -2.13. The summed E-state index contributed by atoms with van der Waals surface area (Å²) >= 11 is 0. The lowest BCUT2D eigenvalue weighted by atomic mass is 10.1. The number of hydrogen-bond donors (Lipinski definition) is 2. The minimum atomic E-state index is -1.39. The summed E-state index contributed by atoms with van der Waals surface area (Å²) in [5.41, 5.74) is 3.36. The molecular weight excluding hydrogens is 388 g/mol. The fourth-order valence-electron chi connectivity index (χ4n) is 2.86. The molecule has 8 heteroatoms. The van der Waals surface area contributed by atoms with E-state index in [1.54, 1.807) is 7.11 Å². The van der Waals surface area contributed by atoms with Crippen LogP contribution in [0.3, 0.4) is 0 Å². The van der Waals surface area contributed by atoms with E-state index in [9.17, 15) is 4.21 Å². The van der Waals surface area contributed by atoms with Crippen molar-refractivity contribution in [1.82, 2.24) is 9.97 Å². The summed E-state index contributed by atoms with van der Waals surface area (Å²) < 4.78 is 22.2. The molecule has 3 rings (SSSR count). The first-order chi connectivity index (χ1) is 14.0. The Labute approximate surface area is 172 Å². The third-order valence-corrected chi connectivity index (χ3v) is 4.67. The molecule has 0 radical (unpaired) electrons. The highest BCUT2D eigenvalue weighted by Crippen LogP contribution is 2.30. The molecule has 3 aromatic rings. The largest absolute Gasteiger partial charge is 0.490 e. The number of ether oxygens (including phenoxy) is 2. The molecule has 0 saturated carbocycles. The van der Waals surface area contributed by atoms with Gasteiger partial charge in [0.1, 0.15) is 24.0 Å². The molecule has 29 heavy (non-hydrogen) atoms. The van der Waals surface area contributed by atoms with Crippen molar-refractivity contribution in [3.63, 3.8) is 0 Å². The molecule has 0 bridgehead atoms. The second-order valence-corrected chi connectivity index (χ2v) is 7.42. The zero-order valence-electron chi connectivity index (χ0n) is 16.4. The first-order valence-corrected chi connectivity index (χ1v) is 10.5. The summed E-state index contributed by atoms with van der Waals surface area (Å²) in [6.07, 6.45) is 0. The number of rotatable bonds is 9. The maximum Gasteiger partial charge on any atom is 0.134 e. The molecule has 7 nitrogen and oxygen atoms in total. The standard InChI is InChI=1S/C21H24N4O3S/c1-15-23-19(18-8-3-4-9-20(18)28-11-10-27-2)13-21(24-15)25-17-7-5-6-16(12-17)14-29(22)26/h3-9,12-13H,10-11,14,22H2,1-2H3,(H,23,24,25).